The molecule has 0 aliphatic heterocycles. The maximum Gasteiger partial charge on any atom is 0.268 e. The van der Waals surface area contributed by atoms with Crippen LogP contribution in [0, 0.1) is 5.92 Å². The first-order valence-corrected chi connectivity index (χ1v) is 7.77. The molecule has 4 heteroatoms. The lowest BCUT2D eigenvalue weighted by Crippen LogP contribution is -2.48. The van der Waals surface area contributed by atoms with Gasteiger partial charge in [0.1, 0.15) is 5.69 Å². The van der Waals surface area contributed by atoms with E-state index >= 15 is 0 Å². The molecule has 1 heterocycles. The fraction of sp³-hybridized carbons (Fsp3) is 0.389. The number of amides is 1. The second-order valence-corrected chi connectivity index (χ2v) is 6.16. The molecule has 2 N–H and O–H groups in total. The van der Waals surface area contributed by atoms with Crippen LogP contribution in [0.2, 0.25) is 0 Å². The molecule has 1 fully saturated rings. The Morgan fingerprint density at radius 1 is 1.27 bits per heavy atom. The van der Waals surface area contributed by atoms with Crippen LogP contribution in [0.3, 0.4) is 0 Å². The third-order valence-electron chi connectivity index (χ3n) is 4.51. The molecule has 1 aliphatic carbocycles. The maximum absolute atomic E-state index is 12.5. The second-order valence-electron chi connectivity index (χ2n) is 6.16. The minimum atomic E-state index is -0.213. The Labute approximate surface area is 130 Å². The molecule has 116 valence electrons. The SMILES string of the molecule is Cn1cccc1C(=O)N[C@@H](Cc1ccccc1)C1CC(O)C1. The van der Waals surface area contributed by atoms with Gasteiger partial charge in [0.05, 0.1) is 6.10 Å². The molecule has 0 saturated heterocycles. The normalized spacial score (nSPS) is 21.9. The predicted octanol–water partition coefficient (Wildman–Crippen LogP) is 2.14. The van der Waals surface area contributed by atoms with Gasteiger partial charge in [-0.05, 0) is 42.9 Å². The molecule has 1 saturated carbocycles. The maximum atomic E-state index is 12.5. The first-order valence-electron chi connectivity index (χ1n) is 7.77. The lowest BCUT2D eigenvalue weighted by Gasteiger charge is -2.38. The third-order valence-corrected chi connectivity index (χ3v) is 4.51. The van der Waals surface area contributed by atoms with Gasteiger partial charge in [-0.2, -0.15) is 0 Å². The van der Waals surface area contributed by atoms with Crippen molar-refractivity contribution < 1.29 is 9.90 Å². The zero-order valence-corrected chi connectivity index (χ0v) is 12.8. The number of aryl methyl sites for hydroxylation is 1. The van der Waals surface area contributed by atoms with Gasteiger partial charge < -0.3 is 15.0 Å². The highest BCUT2D eigenvalue weighted by molar-refractivity contribution is 5.92. The summed E-state index contributed by atoms with van der Waals surface area (Å²) in [4.78, 5) is 12.5. The molecule has 1 atom stereocenters. The van der Waals surface area contributed by atoms with Crippen LogP contribution in [0.15, 0.2) is 48.7 Å². The summed E-state index contributed by atoms with van der Waals surface area (Å²) in [7, 11) is 1.87. The van der Waals surface area contributed by atoms with Crippen molar-refractivity contribution in [3.05, 3.63) is 59.9 Å². The van der Waals surface area contributed by atoms with Crippen LogP contribution < -0.4 is 5.32 Å². The number of hydrogen-bond donors (Lipinski definition) is 2. The highest BCUT2D eigenvalue weighted by atomic mass is 16.3. The number of aliphatic hydroxyl groups excluding tert-OH is 1. The van der Waals surface area contributed by atoms with E-state index in [1.165, 1.54) is 5.56 Å². The van der Waals surface area contributed by atoms with Crippen molar-refractivity contribution in [3.8, 4) is 0 Å². The molecule has 22 heavy (non-hydrogen) atoms. The summed E-state index contributed by atoms with van der Waals surface area (Å²) in [5.41, 5.74) is 1.87. The summed E-state index contributed by atoms with van der Waals surface area (Å²) in [5.74, 6) is 0.300. The van der Waals surface area contributed by atoms with Crippen LogP contribution >= 0.6 is 0 Å². The van der Waals surface area contributed by atoms with Gasteiger partial charge in [0.15, 0.2) is 0 Å². The average Bonchev–Trinajstić information content (AvgIpc) is 2.91. The quantitative estimate of drug-likeness (QED) is 0.888. The molecule has 2 aromatic rings. The first kappa shape index (κ1) is 14.9. The number of carbonyl (C=O) groups is 1. The molecular formula is C18H22N2O2. The van der Waals surface area contributed by atoms with Gasteiger partial charge in [-0.15, -0.1) is 0 Å². The largest absolute Gasteiger partial charge is 0.393 e. The van der Waals surface area contributed by atoms with Gasteiger partial charge in [-0.25, -0.2) is 0 Å². The molecule has 1 aromatic carbocycles. The van der Waals surface area contributed by atoms with E-state index in [1.54, 1.807) is 0 Å². The highest BCUT2D eigenvalue weighted by Gasteiger charge is 2.35. The van der Waals surface area contributed by atoms with E-state index in [-0.39, 0.29) is 18.1 Å². The van der Waals surface area contributed by atoms with E-state index < -0.39 is 0 Å². The van der Waals surface area contributed by atoms with E-state index in [1.807, 2.05) is 48.1 Å². The molecule has 4 nitrogen and oxygen atoms in total. The molecule has 0 bridgehead atoms. The number of aliphatic hydroxyl groups is 1. The van der Waals surface area contributed by atoms with E-state index in [2.05, 4.69) is 17.4 Å². The Morgan fingerprint density at radius 2 is 2.00 bits per heavy atom. The molecule has 1 aromatic heterocycles. The van der Waals surface area contributed by atoms with Gasteiger partial charge in [-0.3, -0.25) is 4.79 Å². The van der Waals surface area contributed by atoms with Gasteiger partial charge in [0.2, 0.25) is 0 Å². The van der Waals surface area contributed by atoms with E-state index in [9.17, 15) is 9.90 Å². The van der Waals surface area contributed by atoms with Crippen LogP contribution in [-0.2, 0) is 13.5 Å². The molecule has 0 unspecified atom stereocenters. The molecular weight excluding hydrogens is 276 g/mol. The van der Waals surface area contributed by atoms with Crippen molar-refractivity contribution in [2.24, 2.45) is 13.0 Å². The fourth-order valence-electron chi connectivity index (χ4n) is 3.10. The van der Waals surface area contributed by atoms with Crippen molar-refractivity contribution in [1.29, 1.82) is 0 Å². The van der Waals surface area contributed by atoms with Crippen molar-refractivity contribution in [2.75, 3.05) is 0 Å². The van der Waals surface area contributed by atoms with Crippen LogP contribution in [-0.4, -0.2) is 27.7 Å². The minimum Gasteiger partial charge on any atom is -0.393 e. The summed E-state index contributed by atoms with van der Waals surface area (Å²) >= 11 is 0. The topological polar surface area (TPSA) is 54.3 Å². The first-order chi connectivity index (χ1) is 10.6. The summed E-state index contributed by atoms with van der Waals surface area (Å²) in [5, 5.41) is 12.7. The average molecular weight is 298 g/mol. The lowest BCUT2D eigenvalue weighted by molar-refractivity contribution is 0.0238. The van der Waals surface area contributed by atoms with Crippen LogP contribution in [0.1, 0.15) is 28.9 Å². The predicted molar refractivity (Wildman–Crippen MR) is 85.5 cm³/mol. The Morgan fingerprint density at radius 3 is 2.59 bits per heavy atom. The Balaban J connectivity index is 1.71. The third kappa shape index (κ3) is 3.22. The molecule has 3 rings (SSSR count). The number of carbonyl (C=O) groups excluding carboxylic acids is 1. The second kappa shape index (κ2) is 6.36. The lowest BCUT2D eigenvalue weighted by atomic mass is 9.75. The zero-order chi connectivity index (χ0) is 15.5. The van der Waals surface area contributed by atoms with Crippen LogP contribution in [0.25, 0.3) is 0 Å². The standard InChI is InChI=1S/C18H22N2O2/c1-20-9-5-8-17(20)18(22)19-16(14-11-15(21)12-14)10-13-6-3-2-4-7-13/h2-9,14-16,21H,10-12H2,1H3,(H,19,22)/t14?,15?,16-/m0/s1. The molecule has 1 aliphatic rings. The Hall–Kier alpha value is -2.07. The van der Waals surface area contributed by atoms with Crippen LogP contribution in [0.4, 0.5) is 0 Å². The number of nitrogens with one attached hydrogen (secondary N) is 1. The van der Waals surface area contributed by atoms with E-state index in [4.69, 9.17) is 0 Å². The summed E-state index contributed by atoms with van der Waals surface area (Å²) in [6.07, 6.45) is 3.99. The van der Waals surface area contributed by atoms with Crippen LogP contribution in [0.5, 0.6) is 0 Å². The molecule has 1 amide bonds. The molecule has 0 spiro atoms. The van der Waals surface area contributed by atoms with Crippen molar-refractivity contribution in [3.63, 3.8) is 0 Å². The number of hydrogen-bond acceptors (Lipinski definition) is 2. The number of benzene rings is 1. The smallest absolute Gasteiger partial charge is 0.268 e. The van der Waals surface area contributed by atoms with Crippen molar-refractivity contribution in [1.82, 2.24) is 9.88 Å². The van der Waals surface area contributed by atoms with Gasteiger partial charge >= 0.3 is 0 Å². The number of rotatable bonds is 5. The van der Waals surface area contributed by atoms with Gasteiger partial charge in [0, 0.05) is 19.3 Å². The fourth-order valence-corrected chi connectivity index (χ4v) is 3.10. The van der Waals surface area contributed by atoms with Gasteiger partial charge in [0.25, 0.3) is 5.91 Å². The van der Waals surface area contributed by atoms with Gasteiger partial charge in [-0.1, -0.05) is 30.3 Å². The summed E-state index contributed by atoms with van der Waals surface area (Å²) < 4.78 is 1.82. The number of nitrogens with zero attached hydrogens (tertiary/aromatic N) is 1. The highest BCUT2D eigenvalue weighted by Crippen LogP contribution is 2.31. The Kier molecular flexibility index (Phi) is 4.29. The zero-order valence-electron chi connectivity index (χ0n) is 12.8. The number of aromatic nitrogens is 1. The van der Waals surface area contributed by atoms with E-state index in [0.29, 0.717) is 11.6 Å². The van der Waals surface area contributed by atoms with Crippen molar-refractivity contribution >= 4 is 5.91 Å². The molecule has 0 radical (unpaired) electrons. The van der Waals surface area contributed by atoms with E-state index in [0.717, 1.165) is 19.3 Å². The summed E-state index contributed by atoms with van der Waals surface area (Å²) in [6.45, 7) is 0. The Bertz CT molecular complexity index is 630. The summed E-state index contributed by atoms with van der Waals surface area (Å²) in [6, 6.07) is 13.9. The minimum absolute atomic E-state index is 0.0465. The van der Waals surface area contributed by atoms with Crippen molar-refractivity contribution in [2.45, 2.75) is 31.4 Å². The monoisotopic (exact) mass is 298 g/mol.